The number of carboxylic acid groups (broad SMARTS) is 1. The van der Waals surface area contributed by atoms with Crippen LogP contribution < -0.4 is 4.74 Å². The van der Waals surface area contributed by atoms with Crippen molar-refractivity contribution in [3.05, 3.63) is 106 Å². The molecular formula is C33H38N2O3S. The monoisotopic (exact) mass is 542 g/mol. The van der Waals surface area contributed by atoms with Crippen molar-refractivity contribution in [3.63, 3.8) is 0 Å². The maximum absolute atomic E-state index is 12.0. The van der Waals surface area contributed by atoms with Crippen LogP contribution in [0.25, 0.3) is 11.3 Å². The highest BCUT2D eigenvalue weighted by Crippen LogP contribution is 2.29. The van der Waals surface area contributed by atoms with Crippen LogP contribution in [0.2, 0.25) is 0 Å². The molecule has 1 aromatic heterocycles. The third-order valence-corrected chi connectivity index (χ3v) is 7.84. The first-order valence-electron chi connectivity index (χ1n) is 13.7. The fraction of sp³-hybridized carbons (Fsp3) is 0.333. The van der Waals surface area contributed by atoms with Gasteiger partial charge in [-0.3, -0.25) is 9.69 Å². The number of hydrogen-bond donors (Lipinski definition) is 1. The van der Waals surface area contributed by atoms with Crippen LogP contribution in [0.1, 0.15) is 73.2 Å². The number of rotatable bonds is 14. The summed E-state index contributed by atoms with van der Waals surface area (Å²) in [5.41, 5.74) is 5.19. The lowest BCUT2D eigenvalue weighted by Crippen LogP contribution is -2.30. The number of carbonyl (C=O) groups is 1. The van der Waals surface area contributed by atoms with Crippen molar-refractivity contribution in [2.24, 2.45) is 0 Å². The molecule has 0 radical (unpaired) electrons. The van der Waals surface area contributed by atoms with E-state index in [1.54, 1.807) is 11.3 Å². The SMILES string of the molecule is CCCC(CCC)c1ccc(OCc2ccc(-c3csc(CN(C)C(C(=O)O)c4ccccc4)n3)cc2)cc1. The van der Waals surface area contributed by atoms with E-state index < -0.39 is 12.0 Å². The van der Waals surface area contributed by atoms with E-state index in [4.69, 9.17) is 9.72 Å². The summed E-state index contributed by atoms with van der Waals surface area (Å²) in [7, 11) is 1.82. The van der Waals surface area contributed by atoms with Gasteiger partial charge in [0.25, 0.3) is 0 Å². The van der Waals surface area contributed by atoms with Crippen LogP contribution in [-0.4, -0.2) is 28.0 Å². The zero-order chi connectivity index (χ0) is 27.6. The Hall–Kier alpha value is -3.48. The van der Waals surface area contributed by atoms with E-state index in [-0.39, 0.29) is 0 Å². The Morgan fingerprint density at radius 3 is 2.21 bits per heavy atom. The number of nitrogens with zero attached hydrogens (tertiary/aromatic N) is 2. The van der Waals surface area contributed by atoms with Crippen LogP contribution in [0.15, 0.2) is 84.2 Å². The maximum atomic E-state index is 12.0. The van der Waals surface area contributed by atoms with Gasteiger partial charge in [0.2, 0.25) is 0 Å². The second-order valence-corrected chi connectivity index (χ2v) is 11.0. The van der Waals surface area contributed by atoms with Crippen LogP contribution in [0.5, 0.6) is 5.75 Å². The Morgan fingerprint density at radius 2 is 1.59 bits per heavy atom. The van der Waals surface area contributed by atoms with E-state index in [1.807, 2.05) is 47.7 Å². The van der Waals surface area contributed by atoms with Crippen molar-refractivity contribution >= 4 is 17.3 Å². The van der Waals surface area contributed by atoms with E-state index in [2.05, 4.69) is 62.4 Å². The zero-order valence-corrected chi connectivity index (χ0v) is 23.9. The van der Waals surface area contributed by atoms with E-state index in [9.17, 15) is 9.90 Å². The smallest absolute Gasteiger partial charge is 0.325 e. The Balaban J connectivity index is 1.34. The molecule has 0 fully saturated rings. The molecule has 0 bridgehead atoms. The second kappa shape index (κ2) is 14.1. The van der Waals surface area contributed by atoms with E-state index in [0.29, 0.717) is 19.1 Å². The summed E-state index contributed by atoms with van der Waals surface area (Å²) in [5.74, 6) is 0.653. The van der Waals surface area contributed by atoms with Gasteiger partial charge >= 0.3 is 5.97 Å². The molecule has 4 rings (SSSR count). The van der Waals surface area contributed by atoms with Crippen molar-refractivity contribution in [2.45, 2.75) is 64.6 Å². The molecule has 0 spiro atoms. The first-order valence-corrected chi connectivity index (χ1v) is 14.6. The molecule has 0 saturated heterocycles. The Labute approximate surface area is 236 Å². The van der Waals surface area contributed by atoms with Crippen molar-refractivity contribution in [1.82, 2.24) is 9.88 Å². The highest BCUT2D eigenvalue weighted by atomic mass is 32.1. The van der Waals surface area contributed by atoms with Crippen molar-refractivity contribution in [2.75, 3.05) is 7.05 Å². The number of aliphatic carboxylic acids is 1. The first-order chi connectivity index (χ1) is 19.0. The average Bonchev–Trinajstić information content (AvgIpc) is 3.41. The van der Waals surface area contributed by atoms with Gasteiger partial charge in [-0.1, -0.05) is 93.4 Å². The van der Waals surface area contributed by atoms with Crippen LogP contribution in [0.4, 0.5) is 0 Å². The van der Waals surface area contributed by atoms with Crippen molar-refractivity contribution in [3.8, 4) is 17.0 Å². The summed E-state index contributed by atoms with van der Waals surface area (Å²) in [6.07, 6.45) is 4.87. The van der Waals surface area contributed by atoms with Crippen molar-refractivity contribution < 1.29 is 14.6 Å². The average molecular weight is 543 g/mol. The fourth-order valence-corrected chi connectivity index (χ4v) is 5.86. The number of benzene rings is 3. The fourth-order valence-electron chi connectivity index (χ4n) is 4.99. The summed E-state index contributed by atoms with van der Waals surface area (Å²) >= 11 is 1.55. The first kappa shape index (κ1) is 28.5. The summed E-state index contributed by atoms with van der Waals surface area (Å²) in [6, 6.07) is 25.5. The minimum atomic E-state index is -0.869. The molecule has 5 nitrogen and oxygen atoms in total. The summed E-state index contributed by atoms with van der Waals surface area (Å²) < 4.78 is 6.05. The topological polar surface area (TPSA) is 62.7 Å². The molecule has 1 atom stereocenters. The largest absolute Gasteiger partial charge is 0.489 e. The number of ether oxygens (including phenoxy) is 1. The molecule has 39 heavy (non-hydrogen) atoms. The molecule has 1 unspecified atom stereocenters. The molecule has 1 N–H and O–H groups in total. The molecular weight excluding hydrogens is 504 g/mol. The number of aromatic nitrogens is 1. The van der Waals surface area contributed by atoms with Gasteiger partial charge in [0.1, 0.15) is 23.4 Å². The lowest BCUT2D eigenvalue weighted by molar-refractivity contribution is -0.143. The molecule has 3 aromatic carbocycles. The molecule has 6 heteroatoms. The standard InChI is InChI=1S/C33H38N2O3S/c1-4-9-25(10-5-2)26-17-19-29(20-18-26)38-22-24-13-15-27(16-14-24)30-23-39-31(34-30)21-35(3)32(33(36)37)28-11-7-6-8-12-28/h6-8,11-20,23,25,32H,4-5,9-10,21-22H2,1-3H3,(H,36,37). The predicted octanol–water partition coefficient (Wildman–Crippen LogP) is 8.33. The van der Waals surface area contributed by atoms with Crippen LogP contribution in [0, 0.1) is 0 Å². The molecule has 1 heterocycles. The lowest BCUT2D eigenvalue weighted by Gasteiger charge is -2.23. The quantitative estimate of drug-likeness (QED) is 0.174. The molecule has 0 aliphatic heterocycles. The van der Waals surface area contributed by atoms with Gasteiger partial charge in [-0.05, 0) is 54.6 Å². The van der Waals surface area contributed by atoms with Gasteiger partial charge in [0.05, 0.1) is 12.2 Å². The van der Waals surface area contributed by atoms with Gasteiger partial charge < -0.3 is 9.84 Å². The minimum Gasteiger partial charge on any atom is -0.489 e. The Morgan fingerprint density at radius 1 is 0.923 bits per heavy atom. The number of thiazole rings is 1. The van der Waals surface area contributed by atoms with E-state index >= 15 is 0 Å². The number of hydrogen-bond acceptors (Lipinski definition) is 5. The third-order valence-electron chi connectivity index (χ3n) is 7.01. The summed E-state index contributed by atoms with van der Waals surface area (Å²) in [4.78, 5) is 18.6. The van der Waals surface area contributed by atoms with E-state index in [1.165, 1.54) is 31.2 Å². The molecule has 0 amide bonds. The van der Waals surface area contributed by atoms with Gasteiger partial charge in [0, 0.05) is 10.9 Å². The molecule has 0 aliphatic rings. The van der Waals surface area contributed by atoms with Crippen LogP contribution in [-0.2, 0) is 17.9 Å². The van der Waals surface area contributed by atoms with Gasteiger partial charge in [-0.15, -0.1) is 11.3 Å². The molecule has 4 aromatic rings. The number of likely N-dealkylation sites (N-methyl/N-ethyl adjacent to an activating group) is 1. The predicted molar refractivity (Wildman–Crippen MR) is 159 cm³/mol. The highest BCUT2D eigenvalue weighted by Gasteiger charge is 2.25. The van der Waals surface area contributed by atoms with Crippen molar-refractivity contribution in [1.29, 1.82) is 0 Å². The summed E-state index contributed by atoms with van der Waals surface area (Å²) in [5, 5.41) is 12.7. The van der Waals surface area contributed by atoms with Crippen LogP contribution >= 0.6 is 11.3 Å². The normalized spacial score (nSPS) is 12.1. The summed E-state index contributed by atoms with van der Waals surface area (Å²) in [6.45, 7) is 5.47. The molecule has 0 aliphatic carbocycles. The van der Waals surface area contributed by atoms with Gasteiger partial charge in [-0.2, -0.15) is 0 Å². The zero-order valence-electron chi connectivity index (χ0n) is 23.0. The lowest BCUT2D eigenvalue weighted by atomic mass is 9.90. The van der Waals surface area contributed by atoms with Crippen LogP contribution in [0.3, 0.4) is 0 Å². The van der Waals surface area contributed by atoms with Gasteiger partial charge in [-0.25, -0.2) is 4.98 Å². The molecule has 0 saturated carbocycles. The minimum absolute atomic E-state index is 0.457. The third kappa shape index (κ3) is 7.78. The van der Waals surface area contributed by atoms with Gasteiger partial charge in [0.15, 0.2) is 0 Å². The highest BCUT2D eigenvalue weighted by molar-refractivity contribution is 7.09. The Bertz CT molecular complexity index is 1300. The molecule has 204 valence electrons. The maximum Gasteiger partial charge on any atom is 0.325 e. The number of carboxylic acids is 1. The second-order valence-electron chi connectivity index (χ2n) is 10.0. The van der Waals surface area contributed by atoms with E-state index in [0.717, 1.165) is 33.1 Å². The Kier molecular flexibility index (Phi) is 10.3.